The van der Waals surface area contributed by atoms with Gasteiger partial charge in [0.1, 0.15) is 23.9 Å². The molecule has 3 aliphatic heterocycles. The van der Waals surface area contributed by atoms with Crippen molar-refractivity contribution in [3.8, 4) is 5.75 Å². The minimum absolute atomic E-state index is 0.0292. The summed E-state index contributed by atoms with van der Waals surface area (Å²) in [4.78, 5) is 62.9. The monoisotopic (exact) mass is 1010 g/mol. The third-order valence-corrected chi connectivity index (χ3v) is 18.1. The van der Waals surface area contributed by atoms with Gasteiger partial charge in [0.05, 0.1) is 17.1 Å². The Balaban J connectivity index is 0.954. The van der Waals surface area contributed by atoms with Crippen LogP contribution in [0.1, 0.15) is 118 Å². The first kappa shape index (κ1) is 50.1. The summed E-state index contributed by atoms with van der Waals surface area (Å²) in [6.07, 6.45) is -0.847. The summed E-state index contributed by atoms with van der Waals surface area (Å²) in [7, 11) is -2.64. The average molecular weight is 1010 g/mol. The quantitative estimate of drug-likeness (QED) is 0.0671. The Morgan fingerprint density at radius 1 is 0.900 bits per heavy atom. The topological polar surface area (TPSA) is 147 Å². The van der Waals surface area contributed by atoms with Crippen molar-refractivity contribution in [3.05, 3.63) is 101 Å². The number of para-hydroxylation sites is 1. The molecule has 376 valence electrons. The number of likely N-dealkylation sites (tertiary alicyclic amines) is 1. The lowest BCUT2D eigenvalue weighted by Gasteiger charge is -2.47. The van der Waals surface area contributed by atoms with Crippen LogP contribution in [0, 0.1) is 0 Å². The summed E-state index contributed by atoms with van der Waals surface area (Å²) in [5.41, 5.74) is 0.899. The molecule has 0 bridgehead atoms. The maximum Gasteiger partial charge on any atom is 0.522 e. The number of esters is 1. The van der Waals surface area contributed by atoms with E-state index in [1.807, 2.05) is 30.1 Å². The first-order chi connectivity index (χ1) is 33.3. The van der Waals surface area contributed by atoms with Crippen LogP contribution in [0.2, 0.25) is 0 Å². The second-order valence-corrected chi connectivity index (χ2v) is 23.2. The van der Waals surface area contributed by atoms with E-state index in [1.54, 1.807) is 49.1 Å². The number of fused-ring (bicyclic) bond motifs is 2. The predicted molar refractivity (Wildman–Crippen MR) is 256 cm³/mol. The highest BCUT2D eigenvalue weighted by molar-refractivity contribution is 7.57. The number of carbonyl (C=O) groups excluding carboxylic acids is 4. The smallest absolute Gasteiger partial charge is 0.462 e. The molecule has 4 aromatic rings. The molecular formula is C51H60F4N5O8PS. The molecule has 2 N–H and O–H groups in total. The van der Waals surface area contributed by atoms with Crippen LogP contribution in [-0.4, -0.2) is 112 Å². The standard InChI is InChI=1S/C51H60F4N5O8PS/c1-30(2)66-49(64)31(3)57-69(65,68-39-13-9-6-10-14-39)45(52)33-15-20-43-34(23-33)24-44(70-43)46(61)56-41-18-16-36(58(4)38-26-40(27-38)67-51(53,54)55)25-37-17-19-42(60(37)47(41)62)48(63)59-29-35(28-50(59)21-22-50)32-11-7-5-8-12-32/h5-15,20,23-24,30-31,35-38,40-42,45H,16-19,21-22,25-29H2,1-4H3,(H,56,61)(H,57,65)/t31-,35+,36-,37+,38?,40?,41-,42-,45-,69?/m0/s1. The van der Waals surface area contributed by atoms with Gasteiger partial charge in [-0.05, 0) is 139 Å². The van der Waals surface area contributed by atoms with Crippen molar-refractivity contribution in [1.82, 2.24) is 25.1 Å². The molecule has 3 aromatic carbocycles. The summed E-state index contributed by atoms with van der Waals surface area (Å²) in [6.45, 7) is 5.28. The number of hydrogen-bond donors (Lipinski definition) is 2. The van der Waals surface area contributed by atoms with Gasteiger partial charge in [-0.3, -0.25) is 28.5 Å². The molecule has 3 amide bonds. The van der Waals surface area contributed by atoms with Crippen LogP contribution >= 0.6 is 18.9 Å². The van der Waals surface area contributed by atoms with Crippen LogP contribution in [0.15, 0.2) is 84.9 Å². The van der Waals surface area contributed by atoms with Crippen molar-refractivity contribution >= 4 is 52.6 Å². The molecule has 1 unspecified atom stereocenters. The van der Waals surface area contributed by atoms with E-state index in [0.29, 0.717) is 42.3 Å². The SMILES string of the molecule is CC(C)OC(=O)[C@H](C)NP(=O)(Oc1ccccc1)[C@H](F)c1ccc2sc(C(=O)N[C@H]3CC[C@H](N(C)C4CC(OC(F)(F)F)C4)C[C@H]4CC[C@@H](C(=O)N5C[C@H](c6ccccc6)CC56CC6)N4C3=O)cc2c1. The van der Waals surface area contributed by atoms with Crippen molar-refractivity contribution < 1.29 is 55.3 Å². The van der Waals surface area contributed by atoms with Crippen molar-refractivity contribution in [2.75, 3.05) is 13.6 Å². The van der Waals surface area contributed by atoms with E-state index in [4.69, 9.17) is 9.26 Å². The number of ether oxygens (including phenoxy) is 2. The number of carbonyl (C=O) groups is 4. The predicted octanol–water partition coefficient (Wildman–Crippen LogP) is 9.63. The zero-order valence-electron chi connectivity index (χ0n) is 39.6. The third kappa shape index (κ3) is 10.7. The number of rotatable bonds is 15. The van der Waals surface area contributed by atoms with Crippen LogP contribution in [-0.2, 0) is 28.4 Å². The first-order valence-electron chi connectivity index (χ1n) is 24.3. The molecular weight excluding hydrogens is 950 g/mol. The summed E-state index contributed by atoms with van der Waals surface area (Å²) in [6, 6.07) is 20.6. The van der Waals surface area contributed by atoms with Crippen LogP contribution in [0.5, 0.6) is 5.75 Å². The Bertz CT molecular complexity index is 2610. The molecule has 2 aliphatic carbocycles. The van der Waals surface area contributed by atoms with Gasteiger partial charge in [-0.25, -0.2) is 9.48 Å². The Hall–Kier alpha value is -4.87. The largest absolute Gasteiger partial charge is 0.522 e. The number of nitrogens with zero attached hydrogens (tertiary/aromatic N) is 3. The summed E-state index contributed by atoms with van der Waals surface area (Å²) >= 11 is 1.13. The highest BCUT2D eigenvalue weighted by Crippen LogP contribution is 2.58. The molecule has 5 fully saturated rings. The van der Waals surface area contributed by atoms with Crippen LogP contribution < -0.4 is 14.9 Å². The lowest BCUT2D eigenvalue weighted by molar-refractivity contribution is -0.354. The van der Waals surface area contributed by atoms with Gasteiger partial charge in [0, 0.05) is 40.8 Å². The molecule has 9 rings (SSSR count). The van der Waals surface area contributed by atoms with E-state index >= 15 is 4.39 Å². The molecule has 4 heterocycles. The number of nitrogens with one attached hydrogen (secondary N) is 2. The van der Waals surface area contributed by atoms with Gasteiger partial charge >= 0.3 is 19.9 Å². The molecule has 1 spiro atoms. The van der Waals surface area contributed by atoms with Gasteiger partial charge in [-0.1, -0.05) is 54.6 Å². The molecule has 3 saturated heterocycles. The van der Waals surface area contributed by atoms with Gasteiger partial charge in [0.25, 0.3) is 5.91 Å². The number of alkyl halides is 4. The van der Waals surface area contributed by atoms with Crippen LogP contribution in [0.3, 0.4) is 0 Å². The fraction of sp³-hybridized carbons (Fsp3) is 0.529. The zero-order chi connectivity index (χ0) is 49.7. The van der Waals surface area contributed by atoms with E-state index < -0.39 is 62.0 Å². The van der Waals surface area contributed by atoms with Gasteiger partial charge in [-0.2, -0.15) is 0 Å². The fourth-order valence-corrected chi connectivity index (χ4v) is 13.9. The van der Waals surface area contributed by atoms with Crippen molar-refractivity contribution in [2.24, 2.45) is 0 Å². The Morgan fingerprint density at radius 2 is 1.60 bits per heavy atom. The van der Waals surface area contributed by atoms with Gasteiger partial charge in [0.2, 0.25) is 17.7 Å². The second-order valence-electron chi connectivity index (χ2n) is 20.0. The summed E-state index contributed by atoms with van der Waals surface area (Å²) in [5, 5.41) is 6.04. The lowest BCUT2D eigenvalue weighted by Crippen LogP contribution is -2.60. The zero-order valence-corrected chi connectivity index (χ0v) is 41.3. The maximum absolute atomic E-state index is 16.8. The first-order valence-corrected chi connectivity index (χ1v) is 26.8. The van der Waals surface area contributed by atoms with E-state index in [9.17, 15) is 36.9 Å². The number of thiophene rings is 1. The molecule has 5 aliphatic rings. The van der Waals surface area contributed by atoms with Crippen LogP contribution in [0.25, 0.3) is 10.1 Å². The number of benzene rings is 3. The molecule has 2 saturated carbocycles. The van der Waals surface area contributed by atoms with E-state index in [0.717, 1.165) is 30.6 Å². The highest BCUT2D eigenvalue weighted by Gasteiger charge is 2.59. The van der Waals surface area contributed by atoms with Gasteiger partial charge < -0.3 is 29.3 Å². The molecule has 19 heteroatoms. The highest BCUT2D eigenvalue weighted by atomic mass is 32.1. The normalized spacial score (nSPS) is 27.1. The minimum Gasteiger partial charge on any atom is -0.462 e. The number of amides is 3. The second kappa shape index (κ2) is 20.0. The fourth-order valence-electron chi connectivity index (χ4n) is 11.0. The van der Waals surface area contributed by atoms with Crippen molar-refractivity contribution in [3.63, 3.8) is 0 Å². The average Bonchev–Trinajstić information content (AvgIpc) is 3.58. The van der Waals surface area contributed by atoms with Crippen molar-refractivity contribution in [2.45, 2.75) is 157 Å². The molecule has 1 aromatic heterocycles. The Labute approximate surface area is 409 Å². The van der Waals surface area contributed by atoms with E-state index in [2.05, 4.69) is 32.2 Å². The third-order valence-electron chi connectivity index (χ3n) is 14.9. The minimum atomic E-state index is -4.72. The molecule has 0 radical (unpaired) electrons. The van der Waals surface area contributed by atoms with Crippen molar-refractivity contribution in [1.29, 1.82) is 0 Å². The van der Waals surface area contributed by atoms with E-state index in [-0.39, 0.29) is 76.8 Å². The summed E-state index contributed by atoms with van der Waals surface area (Å²) in [5.74, 6) is -3.69. The lowest BCUT2D eigenvalue weighted by atomic mass is 9.85. The maximum atomic E-state index is 16.8. The molecule has 13 nitrogen and oxygen atoms in total. The number of hydrogen-bond acceptors (Lipinski definition) is 10. The van der Waals surface area contributed by atoms with E-state index in [1.165, 1.54) is 36.8 Å². The van der Waals surface area contributed by atoms with Gasteiger partial charge in [-0.15, -0.1) is 24.5 Å². The van der Waals surface area contributed by atoms with Crippen LogP contribution in [0.4, 0.5) is 17.6 Å². The Kier molecular flexibility index (Phi) is 14.3. The Morgan fingerprint density at radius 3 is 2.27 bits per heavy atom. The summed E-state index contributed by atoms with van der Waals surface area (Å²) < 4.78 is 86.4. The number of halogens is 4. The molecule has 8 atom stereocenters. The van der Waals surface area contributed by atoms with Gasteiger partial charge in [0.15, 0.2) is 0 Å². The molecule has 70 heavy (non-hydrogen) atoms.